The molecule has 26 heavy (non-hydrogen) atoms. The van der Waals surface area contributed by atoms with Crippen LogP contribution < -0.4 is 0 Å². The van der Waals surface area contributed by atoms with E-state index in [1.54, 1.807) is 35.5 Å². The number of furan rings is 1. The van der Waals surface area contributed by atoms with Crippen LogP contribution in [0.2, 0.25) is 10.2 Å². The van der Waals surface area contributed by atoms with Crippen LogP contribution in [-0.4, -0.2) is 24.7 Å². The van der Waals surface area contributed by atoms with Crippen molar-refractivity contribution in [2.75, 3.05) is 0 Å². The molecule has 0 aliphatic carbocycles. The zero-order chi connectivity index (χ0) is 17.7. The average molecular weight is 382 g/mol. The summed E-state index contributed by atoms with van der Waals surface area (Å²) in [6.45, 7) is 0. The lowest BCUT2D eigenvalue weighted by molar-refractivity contribution is 0.619. The molecule has 0 fully saturated rings. The number of halogens is 2. The van der Waals surface area contributed by atoms with Crippen molar-refractivity contribution >= 4 is 45.1 Å². The molecule has 0 saturated heterocycles. The molecule has 5 aromatic rings. The Balaban J connectivity index is 1.94. The van der Waals surface area contributed by atoms with E-state index in [4.69, 9.17) is 27.6 Å². The van der Waals surface area contributed by atoms with Crippen LogP contribution in [0.15, 0.2) is 59.5 Å². The molecule has 0 atom stereocenters. The van der Waals surface area contributed by atoms with Crippen molar-refractivity contribution in [3.63, 3.8) is 0 Å². The second kappa shape index (κ2) is 5.79. The molecule has 0 N–H and O–H groups in total. The number of nitrogens with zero attached hydrogens (tertiary/aromatic N) is 5. The van der Waals surface area contributed by atoms with Crippen molar-refractivity contribution in [2.24, 2.45) is 0 Å². The third kappa shape index (κ3) is 2.20. The maximum absolute atomic E-state index is 6.44. The average Bonchev–Trinajstić information content (AvgIpc) is 3.25. The highest BCUT2D eigenvalue weighted by Crippen LogP contribution is 2.39. The molecule has 4 heterocycles. The van der Waals surface area contributed by atoms with E-state index in [0.29, 0.717) is 27.9 Å². The zero-order valence-electron chi connectivity index (χ0n) is 13.1. The van der Waals surface area contributed by atoms with Gasteiger partial charge in [-0.15, -0.1) is 0 Å². The monoisotopic (exact) mass is 381 g/mol. The summed E-state index contributed by atoms with van der Waals surface area (Å²) in [6, 6.07) is 9.20. The number of hydrogen-bond donors (Lipinski definition) is 0. The van der Waals surface area contributed by atoms with Crippen LogP contribution >= 0.6 is 23.2 Å². The van der Waals surface area contributed by atoms with Gasteiger partial charge >= 0.3 is 0 Å². The highest BCUT2D eigenvalue weighted by Gasteiger charge is 2.24. The molecule has 0 saturated carbocycles. The van der Waals surface area contributed by atoms with Gasteiger partial charge in [-0.3, -0.25) is 0 Å². The first-order valence-electron chi connectivity index (χ1n) is 7.71. The van der Waals surface area contributed by atoms with Crippen LogP contribution in [0.25, 0.3) is 39.1 Å². The van der Waals surface area contributed by atoms with Crippen LogP contribution in [0.4, 0.5) is 0 Å². The molecule has 8 heteroatoms. The Hall–Kier alpha value is -2.96. The first-order valence-corrected chi connectivity index (χ1v) is 8.46. The van der Waals surface area contributed by atoms with Gasteiger partial charge in [-0.05, 0) is 18.2 Å². The second-order valence-electron chi connectivity index (χ2n) is 5.56. The fourth-order valence-corrected chi connectivity index (χ4v) is 3.42. The molecule has 0 unspecified atom stereocenters. The summed E-state index contributed by atoms with van der Waals surface area (Å²) in [7, 11) is 0. The quantitative estimate of drug-likeness (QED) is 0.405. The molecular formula is C18H9Cl2N5O. The Labute approximate surface area is 157 Å². The fourth-order valence-electron chi connectivity index (χ4n) is 2.96. The molecule has 0 amide bonds. The third-order valence-corrected chi connectivity index (χ3v) is 4.63. The van der Waals surface area contributed by atoms with Crippen molar-refractivity contribution < 1.29 is 4.42 Å². The van der Waals surface area contributed by atoms with E-state index in [1.165, 1.54) is 0 Å². The van der Waals surface area contributed by atoms with Gasteiger partial charge in [0, 0.05) is 24.0 Å². The van der Waals surface area contributed by atoms with Gasteiger partial charge in [-0.25, -0.2) is 19.6 Å². The Bertz CT molecular complexity index is 1260. The number of hydrogen-bond acceptors (Lipinski definition) is 5. The molecular weight excluding hydrogens is 373 g/mol. The van der Waals surface area contributed by atoms with E-state index < -0.39 is 0 Å². The summed E-state index contributed by atoms with van der Waals surface area (Å²) in [6.07, 6.45) is 6.66. The number of pyridine rings is 1. The maximum Gasteiger partial charge on any atom is 0.198 e. The molecule has 4 aromatic heterocycles. The van der Waals surface area contributed by atoms with E-state index in [9.17, 15) is 0 Å². The van der Waals surface area contributed by atoms with Crippen LogP contribution in [0.5, 0.6) is 0 Å². The Morgan fingerprint density at radius 3 is 2.62 bits per heavy atom. The third-order valence-electron chi connectivity index (χ3n) is 4.06. The van der Waals surface area contributed by atoms with Crippen molar-refractivity contribution in [1.29, 1.82) is 0 Å². The zero-order valence-corrected chi connectivity index (χ0v) is 14.6. The predicted molar refractivity (Wildman–Crippen MR) is 99.7 cm³/mol. The minimum absolute atomic E-state index is 0.258. The molecule has 0 spiro atoms. The lowest BCUT2D eigenvalue weighted by atomic mass is 10.2. The van der Waals surface area contributed by atoms with Gasteiger partial charge in [0.2, 0.25) is 0 Å². The van der Waals surface area contributed by atoms with Gasteiger partial charge in [0.05, 0.1) is 22.1 Å². The van der Waals surface area contributed by atoms with Crippen LogP contribution in [-0.2, 0) is 0 Å². The fraction of sp³-hybridized carbons (Fsp3) is 0. The van der Waals surface area contributed by atoms with Crippen LogP contribution in [0.3, 0.4) is 0 Å². The number of fused-ring (bicyclic) bond motifs is 2. The molecule has 6 nitrogen and oxygen atoms in total. The molecule has 0 aliphatic heterocycles. The lowest BCUT2D eigenvalue weighted by Gasteiger charge is -2.05. The van der Waals surface area contributed by atoms with Gasteiger partial charge in [-0.2, -0.15) is 5.10 Å². The molecule has 5 rings (SSSR count). The molecule has 1 aromatic carbocycles. The molecule has 126 valence electrons. The smallest absolute Gasteiger partial charge is 0.198 e. The van der Waals surface area contributed by atoms with Crippen molar-refractivity contribution in [2.45, 2.75) is 0 Å². The van der Waals surface area contributed by atoms with Crippen LogP contribution in [0, 0.1) is 0 Å². The van der Waals surface area contributed by atoms with Gasteiger partial charge < -0.3 is 4.42 Å². The standard InChI is InChI=1S/C18H9Cl2N5O/c19-12-4-1-3-10-9-24-25(13(10)12)14-11-5-8-21-17(20)15(11)26-16(14)18-22-6-2-7-23-18/h1-9H. The van der Waals surface area contributed by atoms with Gasteiger partial charge in [-0.1, -0.05) is 35.3 Å². The second-order valence-corrected chi connectivity index (χ2v) is 6.33. The highest BCUT2D eigenvalue weighted by atomic mass is 35.5. The first kappa shape index (κ1) is 15.3. The van der Waals surface area contributed by atoms with Crippen LogP contribution in [0.1, 0.15) is 0 Å². The van der Waals surface area contributed by atoms with Crippen molar-refractivity contribution in [1.82, 2.24) is 24.7 Å². The molecule has 0 bridgehead atoms. The van der Waals surface area contributed by atoms with E-state index in [0.717, 1.165) is 16.3 Å². The number of aromatic nitrogens is 5. The molecule has 0 aliphatic rings. The SMILES string of the molecule is Clc1nccc2c(-n3ncc4cccc(Cl)c43)c(-c3ncccn3)oc12. The van der Waals surface area contributed by atoms with Gasteiger partial charge in [0.25, 0.3) is 0 Å². The Morgan fingerprint density at radius 1 is 0.923 bits per heavy atom. The van der Waals surface area contributed by atoms with Gasteiger partial charge in [0.1, 0.15) is 5.69 Å². The maximum atomic E-state index is 6.44. The summed E-state index contributed by atoms with van der Waals surface area (Å²) < 4.78 is 7.73. The number of benzene rings is 1. The van der Waals surface area contributed by atoms with Gasteiger partial charge in [0.15, 0.2) is 22.3 Å². The highest BCUT2D eigenvalue weighted by molar-refractivity contribution is 6.35. The summed E-state index contributed by atoms with van der Waals surface area (Å²) in [5, 5.41) is 7.01. The number of para-hydroxylation sites is 1. The Morgan fingerprint density at radius 2 is 1.77 bits per heavy atom. The molecule has 0 radical (unpaired) electrons. The largest absolute Gasteiger partial charge is 0.447 e. The Kier molecular flexibility index (Phi) is 3.41. The van der Waals surface area contributed by atoms with Crippen molar-refractivity contribution in [3.8, 4) is 17.3 Å². The van der Waals surface area contributed by atoms with E-state index >= 15 is 0 Å². The predicted octanol–water partition coefficient (Wildman–Crippen LogP) is 4.93. The lowest BCUT2D eigenvalue weighted by Crippen LogP contribution is -1.99. The minimum Gasteiger partial charge on any atom is -0.447 e. The minimum atomic E-state index is 0.258. The van der Waals surface area contributed by atoms with Crippen molar-refractivity contribution in [3.05, 3.63) is 65.3 Å². The first-order chi connectivity index (χ1) is 12.7. The topological polar surface area (TPSA) is 69.6 Å². The van der Waals surface area contributed by atoms with E-state index in [1.807, 2.05) is 24.3 Å². The number of rotatable bonds is 2. The van der Waals surface area contributed by atoms with E-state index in [-0.39, 0.29) is 5.15 Å². The normalized spacial score (nSPS) is 11.5. The summed E-state index contributed by atoms with van der Waals surface area (Å²) in [5.74, 6) is 0.867. The summed E-state index contributed by atoms with van der Waals surface area (Å²) in [4.78, 5) is 12.7. The summed E-state index contributed by atoms with van der Waals surface area (Å²) >= 11 is 12.7. The van der Waals surface area contributed by atoms with E-state index in [2.05, 4.69) is 20.1 Å². The summed E-state index contributed by atoms with van der Waals surface area (Å²) in [5.41, 5.74) is 1.88.